The molecule has 0 unspecified atom stereocenters. The lowest BCUT2D eigenvalue weighted by Crippen LogP contribution is -2.12. The van der Waals surface area contributed by atoms with E-state index < -0.39 is 0 Å². The van der Waals surface area contributed by atoms with Gasteiger partial charge in [0.05, 0.1) is 28.3 Å². The van der Waals surface area contributed by atoms with Crippen LogP contribution in [0.5, 0.6) is 0 Å². The van der Waals surface area contributed by atoms with Gasteiger partial charge in [-0.2, -0.15) is 0 Å². The van der Waals surface area contributed by atoms with Gasteiger partial charge in [-0.3, -0.25) is 4.79 Å². The maximum atomic E-state index is 11.9. The minimum absolute atomic E-state index is 0.0249. The van der Waals surface area contributed by atoms with Gasteiger partial charge in [-0.15, -0.1) is 11.3 Å². The Morgan fingerprint density at radius 2 is 2.11 bits per heavy atom. The molecule has 0 atom stereocenters. The average Bonchev–Trinajstić information content (AvgIpc) is 2.64. The summed E-state index contributed by atoms with van der Waals surface area (Å²) in [4.78, 5) is 12.5. The Kier molecular flexibility index (Phi) is 5.62. The number of nitrogen functional groups attached to an aromatic ring is 1. The maximum absolute atomic E-state index is 11.9. The fraction of sp³-hybridized carbons (Fsp3) is 0.615. The van der Waals surface area contributed by atoms with Crippen molar-refractivity contribution in [1.29, 1.82) is 0 Å². The van der Waals surface area contributed by atoms with Gasteiger partial charge < -0.3 is 15.8 Å². The summed E-state index contributed by atoms with van der Waals surface area (Å²) in [5, 5.41) is 4.14. The Labute approximate surface area is 113 Å². The number of Topliss-reactive ketones (excluding diaryl/α,β-unsaturated/α-hetero) is 1. The van der Waals surface area contributed by atoms with Crippen molar-refractivity contribution in [2.75, 3.05) is 24.2 Å². The highest BCUT2D eigenvalue weighted by molar-refractivity contribution is 7.18. The molecule has 1 aromatic heterocycles. The van der Waals surface area contributed by atoms with Gasteiger partial charge in [-0.05, 0) is 19.9 Å². The highest BCUT2D eigenvalue weighted by Gasteiger charge is 2.17. The lowest BCUT2D eigenvalue weighted by atomic mass is 10.1. The molecular weight excluding hydrogens is 248 g/mol. The Morgan fingerprint density at radius 1 is 1.44 bits per heavy atom. The molecule has 5 heteroatoms. The lowest BCUT2D eigenvalue weighted by Gasteiger charge is -2.07. The number of anilines is 2. The quantitative estimate of drug-likeness (QED) is 0.590. The number of nitrogens with one attached hydrogen (secondary N) is 1. The molecule has 0 amide bonds. The molecule has 18 heavy (non-hydrogen) atoms. The molecule has 0 saturated carbocycles. The van der Waals surface area contributed by atoms with Gasteiger partial charge in [0.1, 0.15) is 0 Å². The van der Waals surface area contributed by atoms with Crippen molar-refractivity contribution in [3.63, 3.8) is 0 Å². The molecule has 3 N–H and O–H groups in total. The molecule has 0 aliphatic rings. The van der Waals surface area contributed by atoms with Gasteiger partial charge in [0.25, 0.3) is 0 Å². The fourth-order valence-electron chi connectivity index (χ4n) is 1.42. The van der Waals surface area contributed by atoms with Crippen molar-refractivity contribution in [1.82, 2.24) is 0 Å². The average molecular weight is 270 g/mol. The number of ketones is 1. The van der Waals surface area contributed by atoms with Crippen molar-refractivity contribution >= 4 is 27.8 Å². The zero-order valence-corrected chi connectivity index (χ0v) is 12.3. The SMILES string of the molecule is CC(C)OCCNc1cc(N)c(C(=O)C(C)C)s1. The van der Waals surface area contributed by atoms with E-state index >= 15 is 0 Å². The summed E-state index contributed by atoms with van der Waals surface area (Å²) < 4.78 is 5.43. The van der Waals surface area contributed by atoms with E-state index in [1.54, 1.807) is 0 Å². The predicted molar refractivity (Wildman–Crippen MR) is 77.5 cm³/mol. The molecule has 0 saturated heterocycles. The summed E-state index contributed by atoms with van der Waals surface area (Å²) in [6.07, 6.45) is 0.235. The topological polar surface area (TPSA) is 64.3 Å². The first-order valence-corrected chi connectivity index (χ1v) is 7.02. The number of ether oxygens (including phenoxy) is 1. The number of thiophene rings is 1. The van der Waals surface area contributed by atoms with E-state index in [0.717, 1.165) is 5.00 Å². The number of nitrogens with two attached hydrogens (primary N) is 1. The van der Waals surface area contributed by atoms with E-state index in [1.165, 1.54) is 11.3 Å². The number of hydrogen-bond acceptors (Lipinski definition) is 5. The first-order chi connectivity index (χ1) is 8.41. The van der Waals surface area contributed by atoms with Gasteiger partial charge >= 0.3 is 0 Å². The first kappa shape index (κ1) is 15.0. The van der Waals surface area contributed by atoms with Crippen molar-refractivity contribution in [2.24, 2.45) is 5.92 Å². The molecular formula is C13H22N2O2S. The van der Waals surface area contributed by atoms with Crippen LogP contribution >= 0.6 is 11.3 Å². The normalized spacial score (nSPS) is 11.2. The summed E-state index contributed by atoms with van der Waals surface area (Å²) in [5.41, 5.74) is 6.41. The van der Waals surface area contributed by atoms with Crippen LogP contribution in [0.3, 0.4) is 0 Å². The van der Waals surface area contributed by atoms with Crippen LogP contribution < -0.4 is 11.1 Å². The van der Waals surface area contributed by atoms with Gasteiger partial charge in [0, 0.05) is 12.5 Å². The Morgan fingerprint density at radius 3 is 2.67 bits per heavy atom. The summed E-state index contributed by atoms with van der Waals surface area (Å²) in [5.74, 6) is 0.0760. The van der Waals surface area contributed by atoms with Gasteiger partial charge in [-0.1, -0.05) is 13.8 Å². The number of rotatable bonds is 7. The fourth-order valence-corrected chi connectivity index (χ4v) is 2.51. The van der Waals surface area contributed by atoms with Crippen LogP contribution in [0.25, 0.3) is 0 Å². The van der Waals surface area contributed by atoms with Crippen LogP contribution in [-0.4, -0.2) is 25.0 Å². The Balaban J connectivity index is 2.54. The standard InChI is InChI=1S/C13H22N2O2S/c1-8(2)12(16)13-10(14)7-11(18-13)15-5-6-17-9(3)4/h7-9,15H,5-6,14H2,1-4H3. The summed E-state index contributed by atoms with van der Waals surface area (Å²) in [6, 6.07) is 1.82. The van der Waals surface area contributed by atoms with Gasteiger partial charge in [0.15, 0.2) is 5.78 Å². The summed E-state index contributed by atoms with van der Waals surface area (Å²) >= 11 is 1.41. The van der Waals surface area contributed by atoms with Crippen LogP contribution in [0, 0.1) is 5.92 Å². The van der Waals surface area contributed by atoms with Gasteiger partial charge in [0.2, 0.25) is 0 Å². The summed E-state index contributed by atoms with van der Waals surface area (Å²) in [6.45, 7) is 9.12. The minimum Gasteiger partial charge on any atom is -0.397 e. The van der Waals surface area contributed by atoms with E-state index in [4.69, 9.17) is 10.5 Å². The third kappa shape index (κ3) is 4.31. The molecule has 0 bridgehead atoms. The van der Waals surface area contributed by atoms with Crippen LogP contribution in [0.1, 0.15) is 37.4 Å². The molecule has 102 valence electrons. The molecule has 0 aromatic carbocycles. The summed E-state index contributed by atoms with van der Waals surface area (Å²) in [7, 11) is 0. The van der Waals surface area contributed by atoms with E-state index in [-0.39, 0.29) is 17.8 Å². The monoisotopic (exact) mass is 270 g/mol. The van der Waals surface area contributed by atoms with Crippen LogP contribution in [0.2, 0.25) is 0 Å². The smallest absolute Gasteiger partial charge is 0.177 e. The number of hydrogen-bond donors (Lipinski definition) is 2. The molecule has 1 aromatic rings. The second-order valence-corrected chi connectivity index (χ2v) is 5.81. The van der Waals surface area contributed by atoms with Crippen molar-refractivity contribution < 1.29 is 9.53 Å². The van der Waals surface area contributed by atoms with Crippen molar-refractivity contribution in [2.45, 2.75) is 33.8 Å². The lowest BCUT2D eigenvalue weighted by molar-refractivity contribution is 0.0871. The maximum Gasteiger partial charge on any atom is 0.177 e. The Bertz CT molecular complexity index is 400. The molecule has 0 aliphatic carbocycles. The zero-order chi connectivity index (χ0) is 13.7. The highest BCUT2D eigenvalue weighted by Crippen LogP contribution is 2.30. The van der Waals surface area contributed by atoms with Crippen molar-refractivity contribution in [3.05, 3.63) is 10.9 Å². The molecule has 0 radical (unpaired) electrons. The first-order valence-electron chi connectivity index (χ1n) is 6.20. The molecule has 4 nitrogen and oxygen atoms in total. The van der Waals surface area contributed by atoms with E-state index in [9.17, 15) is 4.79 Å². The second-order valence-electron chi connectivity index (χ2n) is 4.76. The van der Waals surface area contributed by atoms with Crippen LogP contribution in [-0.2, 0) is 4.74 Å². The molecule has 0 fully saturated rings. The number of carbonyl (C=O) groups is 1. The van der Waals surface area contributed by atoms with E-state index in [2.05, 4.69) is 5.32 Å². The minimum atomic E-state index is -0.0249. The molecule has 0 aliphatic heterocycles. The third-order valence-electron chi connectivity index (χ3n) is 2.36. The second kappa shape index (κ2) is 6.75. The predicted octanol–water partition coefficient (Wildman–Crippen LogP) is 3.01. The van der Waals surface area contributed by atoms with E-state index in [1.807, 2.05) is 33.8 Å². The largest absolute Gasteiger partial charge is 0.397 e. The van der Waals surface area contributed by atoms with E-state index in [0.29, 0.717) is 23.7 Å². The highest BCUT2D eigenvalue weighted by atomic mass is 32.1. The molecule has 1 heterocycles. The Hall–Kier alpha value is -1.07. The van der Waals surface area contributed by atoms with Crippen LogP contribution in [0.15, 0.2) is 6.07 Å². The molecule has 0 spiro atoms. The molecule has 1 rings (SSSR count). The number of carbonyl (C=O) groups excluding carboxylic acids is 1. The van der Waals surface area contributed by atoms with Gasteiger partial charge in [-0.25, -0.2) is 0 Å². The zero-order valence-electron chi connectivity index (χ0n) is 11.4. The third-order valence-corrected chi connectivity index (χ3v) is 3.48. The van der Waals surface area contributed by atoms with Crippen LogP contribution in [0.4, 0.5) is 10.7 Å². The van der Waals surface area contributed by atoms with Crippen molar-refractivity contribution in [3.8, 4) is 0 Å².